The Kier molecular flexibility index (Phi) is 5.89. The highest BCUT2D eigenvalue weighted by Gasteiger charge is 2.08. The summed E-state index contributed by atoms with van der Waals surface area (Å²) in [4.78, 5) is 10.3. The number of carboxylic acid groups (broad SMARTS) is 1. The topological polar surface area (TPSA) is 63.3 Å². The molecule has 0 aliphatic carbocycles. The van der Waals surface area contributed by atoms with E-state index in [-0.39, 0.29) is 24.6 Å². The molecule has 0 saturated carbocycles. The summed E-state index contributed by atoms with van der Waals surface area (Å²) in [5.74, 6) is -1.26. The Labute approximate surface area is 93.5 Å². The third-order valence-electron chi connectivity index (χ3n) is 1.82. The maximum Gasteiger partial charge on any atom is 0.304 e. The number of carbonyl (C=O) groups is 1. The van der Waals surface area contributed by atoms with Gasteiger partial charge < -0.3 is 10.8 Å². The van der Waals surface area contributed by atoms with E-state index in [1.807, 2.05) is 0 Å². The second-order valence-electron chi connectivity index (χ2n) is 3.19. The summed E-state index contributed by atoms with van der Waals surface area (Å²) < 4.78 is 12.7. The predicted molar refractivity (Wildman–Crippen MR) is 57.6 cm³/mol. The van der Waals surface area contributed by atoms with Crippen LogP contribution in [0.1, 0.15) is 12.0 Å². The number of halogens is 2. The van der Waals surface area contributed by atoms with Crippen LogP contribution in [0.25, 0.3) is 0 Å². The predicted octanol–water partition coefficient (Wildman–Crippen LogP) is 1.59. The molecular formula is C10H13ClFNO2. The van der Waals surface area contributed by atoms with Gasteiger partial charge in [0, 0.05) is 6.04 Å². The first kappa shape index (κ1) is 13.9. The van der Waals surface area contributed by atoms with Crippen molar-refractivity contribution in [3.05, 3.63) is 35.6 Å². The van der Waals surface area contributed by atoms with E-state index in [0.717, 1.165) is 5.56 Å². The number of nitrogens with two attached hydrogens (primary N) is 1. The van der Waals surface area contributed by atoms with E-state index >= 15 is 0 Å². The number of benzene rings is 1. The molecule has 0 radical (unpaired) electrons. The molecule has 3 N–H and O–H groups in total. The highest BCUT2D eigenvalue weighted by Crippen LogP contribution is 2.06. The minimum atomic E-state index is -0.936. The molecule has 1 unspecified atom stereocenters. The van der Waals surface area contributed by atoms with Gasteiger partial charge in [-0.05, 0) is 24.1 Å². The SMILES string of the molecule is Cl.NC(CC(=O)O)Cc1cccc(F)c1. The highest BCUT2D eigenvalue weighted by atomic mass is 35.5. The molecular weight excluding hydrogens is 221 g/mol. The van der Waals surface area contributed by atoms with Crippen LogP contribution >= 0.6 is 12.4 Å². The van der Waals surface area contributed by atoms with Crippen molar-refractivity contribution in [3.8, 4) is 0 Å². The van der Waals surface area contributed by atoms with E-state index in [0.29, 0.717) is 6.42 Å². The van der Waals surface area contributed by atoms with Crippen molar-refractivity contribution in [1.29, 1.82) is 0 Å². The average Bonchev–Trinajstić information content (AvgIpc) is 2.01. The third kappa shape index (κ3) is 5.34. The van der Waals surface area contributed by atoms with Gasteiger partial charge in [-0.15, -0.1) is 12.4 Å². The average molecular weight is 234 g/mol. The van der Waals surface area contributed by atoms with Gasteiger partial charge in [-0.3, -0.25) is 4.79 Å². The lowest BCUT2D eigenvalue weighted by molar-refractivity contribution is -0.137. The van der Waals surface area contributed by atoms with E-state index in [1.165, 1.54) is 12.1 Å². The highest BCUT2D eigenvalue weighted by molar-refractivity contribution is 5.85. The molecule has 0 aromatic heterocycles. The first-order chi connectivity index (χ1) is 6.58. The first-order valence-corrected chi connectivity index (χ1v) is 4.30. The van der Waals surface area contributed by atoms with Crippen LogP contribution in [0, 0.1) is 5.82 Å². The molecule has 15 heavy (non-hydrogen) atoms. The molecule has 0 aliphatic rings. The van der Waals surface area contributed by atoms with Crippen molar-refractivity contribution in [2.45, 2.75) is 18.9 Å². The molecule has 5 heteroatoms. The molecule has 0 fully saturated rings. The number of hydrogen-bond donors (Lipinski definition) is 2. The summed E-state index contributed by atoms with van der Waals surface area (Å²) >= 11 is 0. The van der Waals surface area contributed by atoms with Gasteiger partial charge in [0.1, 0.15) is 5.82 Å². The lowest BCUT2D eigenvalue weighted by Crippen LogP contribution is -2.26. The van der Waals surface area contributed by atoms with Crippen LogP contribution in [0.15, 0.2) is 24.3 Å². The van der Waals surface area contributed by atoms with Crippen molar-refractivity contribution >= 4 is 18.4 Å². The molecule has 0 aliphatic heterocycles. The van der Waals surface area contributed by atoms with Crippen LogP contribution in [-0.2, 0) is 11.2 Å². The molecule has 0 heterocycles. The van der Waals surface area contributed by atoms with E-state index in [1.54, 1.807) is 12.1 Å². The molecule has 0 amide bonds. The fourth-order valence-corrected chi connectivity index (χ4v) is 1.26. The molecule has 0 saturated heterocycles. The fraction of sp³-hybridized carbons (Fsp3) is 0.300. The van der Waals surface area contributed by atoms with Crippen LogP contribution in [0.3, 0.4) is 0 Å². The van der Waals surface area contributed by atoms with Gasteiger partial charge in [-0.1, -0.05) is 12.1 Å². The molecule has 0 spiro atoms. The van der Waals surface area contributed by atoms with Gasteiger partial charge in [0.05, 0.1) is 6.42 Å². The normalized spacial score (nSPS) is 11.6. The van der Waals surface area contributed by atoms with Crippen molar-refractivity contribution in [2.75, 3.05) is 0 Å². The Balaban J connectivity index is 0.00000196. The Morgan fingerprint density at radius 3 is 2.73 bits per heavy atom. The van der Waals surface area contributed by atoms with Crippen molar-refractivity contribution in [1.82, 2.24) is 0 Å². The summed E-state index contributed by atoms with van der Waals surface area (Å²) in [5.41, 5.74) is 6.27. The summed E-state index contributed by atoms with van der Waals surface area (Å²) in [6.07, 6.45) is 0.278. The second kappa shape index (κ2) is 6.37. The largest absolute Gasteiger partial charge is 0.481 e. The van der Waals surface area contributed by atoms with E-state index in [4.69, 9.17) is 10.8 Å². The summed E-state index contributed by atoms with van der Waals surface area (Å²) in [6.45, 7) is 0. The van der Waals surface area contributed by atoms with Gasteiger partial charge in [-0.25, -0.2) is 4.39 Å². The molecule has 3 nitrogen and oxygen atoms in total. The lowest BCUT2D eigenvalue weighted by Gasteiger charge is -2.08. The fourth-order valence-electron chi connectivity index (χ4n) is 1.26. The van der Waals surface area contributed by atoms with E-state index in [2.05, 4.69) is 0 Å². The Hall–Kier alpha value is -1.13. The molecule has 0 bridgehead atoms. The summed E-state index contributed by atoms with van der Waals surface area (Å²) in [5, 5.41) is 8.46. The third-order valence-corrected chi connectivity index (χ3v) is 1.82. The first-order valence-electron chi connectivity index (χ1n) is 4.30. The molecule has 1 atom stereocenters. The van der Waals surface area contributed by atoms with Gasteiger partial charge in [-0.2, -0.15) is 0 Å². The minimum absolute atomic E-state index is 0. The van der Waals surface area contributed by atoms with E-state index in [9.17, 15) is 9.18 Å². The van der Waals surface area contributed by atoms with Gasteiger partial charge in [0.2, 0.25) is 0 Å². The molecule has 1 rings (SSSR count). The monoisotopic (exact) mass is 233 g/mol. The summed E-state index contributed by atoms with van der Waals surface area (Å²) in [6, 6.07) is 5.55. The van der Waals surface area contributed by atoms with Crippen molar-refractivity contribution in [2.24, 2.45) is 5.73 Å². The second-order valence-corrected chi connectivity index (χ2v) is 3.19. The van der Waals surface area contributed by atoms with Crippen LogP contribution in [0.4, 0.5) is 4.39 Å². The van der Waals surface area contributed by atoms with E-state index < -0.39 is 12.0 Å². The number of hydrogen-bond acceptors (Lipinski definition) is 2. The number of rotatable bonds is 4. The smallest absolute Gasteiger partial charge is 0.304 e. The molecule has 1 aromatic carbocycles. The van der Waals surface area contributed by atoms with Gasteiger partial charge >= 0.3 is 5.97 Å². The van der Waals surface area contributed by atoms with Crippen molar-refractivity contribution < 1.29 is 14.3 Å². The zero-order valence-electron chi connectivity index (χ0n) is 8.02. The quantitative estimate of drug-likeness (QED) is 0.830. The Bertz CT molecular complexity index is 333. The molecule has 1 aromatic rings. The Morgan fingerprint density at radius 2 is 2.20 bits per heavy atom. The lowest BCUT2D eigenvalue weighted by atomic mass is 10.0. The zero-order chi connectivity index (χ0) is 10.6. The minimum Gasteiger partial charge on any atom is -0.481 e. The number of aliphatic carboxylic acids is 1. The van der Waals surface area contributed by atoms with Crippen LogP contribution in [0.5, 0.6) is 0 Å². The Morgan fingerprint density at radius 1 is 1.53 bits per heavy atom. The van der Waals surface area contributed by atoms with Crippen LogP contribution in [-0.4, -0.2) is 17.1 Å². The maximum atomic E-state index is 12.7. The van der Waals surface area contributed by atoms with Crippen molar-refractivity contribution in [3.63, 3.8) is 0 Å². The summed E-state index contributed by atoms with van der Waals surface area (Å²) in [7, 11) is 0. The standard InChI is InChI=1S/C10H12FNO2.ClH/c11-8-3-1-2-7(4-8)5-9(12)6-10(13)14;/h1-4,9H,5-6,12H2,(H,13,14);1H. The molecule has 84 valence electrons. The maximum absolute atomic E-state index is 12.7. The zero-order valence-corrected chi connectivity index (χ0v) is 8.84. The van der Waals surface area contributed by atoms with Crippen LogP contribution in [0.2, 0.25) is 0 Å². The number of carboxylic acids is 1. The van der Waals surface area contributed by atoms with Gasteiger partial charge in [0.15, 0.2) is 0 Å². The van der Waals surface area contributed by atoms with Crippen LogP contribution < -0.4 is 5.73 Å². The van der Waals surface area contributed by atoms with Gasteiger partial charge in [0.25, 0.3) is 0 Å².